The lowest BCUT2D eigenvalue weighted by molar-refractivity contribution is -0.139. The average molecular weight is 511 g/mol. The Morgan fingerprint density at radius 1 is 1.00 bits per heavy atom. The highest BCUT2D eigenvalue weighted by Gasteiger charge is 2.27. The fraction of sp³-hybridized carbons (Fsp3) is 0.172. The normalized spacial score (nSPS) is 11.9. The molecule has 2 heterocycles. The van der Waals surface area contributed by atoms with Crippen LogP contribution in [0.4, 0.5) is 5.95 Å². The molecule has 0 spiro atoms. The molecule has 1 N–H and O–H groups in total. The van der Waals surface area contributed by atoms with Crippen molar-refractivity contribution in [1.29, 1.82) is 0 Å². The minimum Gasteiger partial charge on any atom is -0.501 e. The molecule has 2 aromatic heterocycles. The molecule has 0 fully saturated rings. The van der Waals surface area contributed by atoms with Crippen LogP contribution in [0.3, 0.4) is 0 Å². The van der Waals surface area contributed by atoms with E-state index in [0.29, 0.717) is 17.0 Å². The van der Waals surface area contributed by atoms with Gasteiger partial charge in [0.25, 0.3) is 11.4 Å². The molecule has 1 atom stereocenters. The van der Waals surface area contributed by atoms with Crippen LogP contribution in [0.5, 0.6) is 5.75 Å². The van der Waals surface area contributed by atoms with Crippen molar-refractivity contribution in [2.45, 2.75) is 12.5 Å². The van der Waals surface area contributed by atoms with Gasteiger partial charge in [-0.3, -0.25) is 14.2 Å². The highest BCUT2D eigenvalue weighted by atomic mass is 16.5. The van der Waals surface area contributed by atoms with E-state index < -0.39 is 11.3 Å². The molecular formula is C29H26N4O5. The van der Waals surface area contributed by atoms with Crippen LogP contribution in [-0.4, -0.2) is 39.8 Å². The van der Waals surface area contributed by atoms with E-state index in [2.05, 4.69) is 9.97 Å². The first-order chi connectivity index (χ1) is 18.4. The highest BCUT2D eigenvalue weighted by molar-refractivity contribution is 5.76. The molecule has 1 unspecified atom stereocenters. The van der Waals surface area contributed by atoms with Gasteiger partial charge in [0.15, 0.2) is 11.3 Å². The monoisotopic (exact) mass is 510 g/mol. The lowest BCUT2D eigenvalue weighted by atomic mass is 9.96. The Hall–Kier alpha value is -4.92. The summed E-state index contributed by atoms with van der Waals surface area (Å²) in [5.41, 5.74) is 3.15. The van der Waals surface area contributed by atoms with E-state index in [1.807, 2.05) is 78.7 Å². The van der Waals surface area contributed by atoms with Crippen LogP contribution in [0.15, 0.2) is 88.1 Å². The minimum absolute atomic E-state index is 0.0358. The molecule has 9 nitrogen and oxygen atoms in total. The number of para-hydroxylation sites is 2. The van der Waals surface area contributed by atoms with E-state index in [1.54, 1.807) is 19.2 Å². The van der Waals surface area contributed by atoms with Gasteiger partial charge in [-0.15, -0.1) is 0 Å². The molecule has 0 aliphatic rings. The summed E-state index contributed by atoms with van der Waals surface area (Å²) in [6.45, 7) is 0. The number of benzene rings is 3. The first-order valence-electron chi connectivity index (χ1n) is 12.0. The number of aromatic hydroxyl groups is 1. The molecule has 5 aromatic rings. The Kier molecular flexibility index (Phi) is 6.66. The van der Waals surface area contributed by atoms with Crippen molar-refractivity contribution in [3.05, 3.63) is 106 Å². The number of carbonyl (C=O) groups is 1. The Balaban J connectivity index is 1.61. The molecular weight excluding hydrogens is 484 g/mol. The van der Waals surface area contributed by atoms with Crippen molar-refractivity contribution in [3.8, 4) is 17.3 Å². The van der Waals surface area contributed by atoms with E-state index >= 15 is 0 Å². The van der Waals surface area contributed by atoms with Gasteiger partial charge in [-0.1, -0.05) is 66.7 Å². The summed E-state index contributed by atoms with van der Waals surface area (Å²) in [7, 11) is 4.74. The molecule has 0 amide bonds. The molecule has 0 saturated heterocycles. The van der Waals surface area contributed by atoms with Gasteiger partial charge < -0.3 is 19.2 Å². The quantitative estimate of drug-likeness (QED) is 0.324. The molecule has 0 saturated carbocycles. The Labute approximate surface area is 218 Å². The van der Waals surface area contributed by atoms with Gasteiger partial charge in [-0.05, 0) is 28.8 Å². The van der Waals surface area contributed by atoms with E-state index in [1.165, 1.54) is 11.7 Å². The van der Waals surface area contributed by atoms with E-state index in [4.69, 9.17) is 9.15 Å². The van der Waals surface area contributed by atoms with Crippen LogP contribution in [-0.2, 0) is 23.0 Å². The summed E-state index contributed by atoms with van der Waals surface area (Å²) < 4.78 is 11.9. The van der Waals surface area contributed by atoms with Crippen LogP contribution < -0.4 is 10.5 Å². The molecule has 5 rings (SSSR count). The number of carbonyl (C=O) groups excluding carboxylic acids is 1. The van der Waals surface area contributed by atoms with Gasteiger partial charge >= 0.3 is 5.97 Å². The zero-order valence-electron chi connectivity index (χ0n) is 21.2. The topological polar surface area (TPSA) is 111 Å². The number of aromatic nitrogens is 3. The third kappa shape index (κ3) is 4.61. The summed E-state index contributed by atoms with van der Waals surface area (Å²) >= 11 is 0. The van der Waals surface area contributed by atoms with Crippen LogP contribution in [0.2, 0.25) is 0 Å². The van der Waals surface area contributed by atoms with Crippen LogP contribution >= 0.6 is 0 Å². The van der Waals surface area contributed by atoms with Crippen molar-refractivity contribution < 1.29 is 19.1 Å². The summed E-state index contributed by atoms with van der Waals surface area (Å²) in [6.07, 6.45) is 0.171. The number of esters is 1. The maximum atomic E-state index is 13.1. The molecule has 0 aliphatic heterocycles. The van der Waals surface area contributed by atoms with Crippen LogP contribution in [0.25, 0.3) is 22.7 Å². The SMILES string of the molecule is COC(=O)Cc1ccc(C(c2ccccc2)N(C)c2nc(-c3nc4ccccc4o3)c(O)c(=O)n2C)cc1. The van der Waals surface area contributed by atoms with Gasteiger partial charge in [0, 0.05) is 14.1 Å². The third-order valence-corrected chi connectivity index (χ3v) is 6.43. The second-order valence-corrected chi connectivity index (χ2v) is 8.88. The molecule has 38 heavy (non-hydrogen) atoms. The van der Waals surface area contributed by atoms with Crippen LogP contribution in [0, 0.1) is 0 Å². The smallest absolute Gasteiger partial charge is 0.309 e. The number of hydrogen-bond donors (Lipinski definition) is 1. The zero-order valence-corrected chi connectivity index (χ0v) is 21.2. The number of oxazole rings is 1. The molecule has 192 valence electrons. The molecule has 0 aliphatic carbocycles. The van der Waals surface area contributed by atoms with E-state index in [-0.39, 0.29) is 30.0 Å². The van der Waals surface area contributed by atoms with Gasteiger partial charge in [0.2, 0.25) is 11.7 Å². The second kappa shape index (κ2) is 10.2. The third-order valence-electron chi connectivity index (χ3n) is 6.43. The lowest BCUT2D eigenvalue weighted by Crippen LogP contribution is -2.32. The summed E-state index contributed by atoms with van der Waals surface area (Å²) in [4.78, 5) is 35.8. The van der Waals surface area contributed by atoms with Crippen LogP contribution in [0.1, 0.15) is 22.7 Å². The largest absolute Gasteiger partial charge is 0.501 e. The van der Waals surface area contributed by atoms with E-state index in [0.717, 1.165) is 16.7 Å². The number of rotatable bonds is 7. The second-order valence-electron chi connectivity index (χ2n) is 8.88. The Bertz CT molecular complexity index is 1630. The number of ether oxygens (including phenoxy) is 1. The van der Waals surface area contributed by atoms with Gasteiger partial charge in [0.1, 0.15) is 5.52 Å². The molecule has 9 heteroatoms. The number of nitrogens with zero attached hydrogens (tertiary/aromatic N) is 4. The summed E-state index contributed by atoms with van der Waals surface area (Å²) in [5, 5.41) is 10.7. The predicted molar refractivity (Wildman–Crippen MR) is 143 cm³/mol. The van der Waals surface area contributed by atoms with Gasteiger partial charge in [0.05, 0.1) is 19.6 Å². The number of fused-ring (bicyclic) bond motifs is 1. The standard InChI is InChI=1S/C29H26N4O5/c1-32(25(19-9-5-4-6-10-19)20-15-13-18(14-16-20)17-23(34)37-3)29-31-24(26(35)28(36)33(29)2)27-30-21-11-7-8-12-22(21)38-27/h4-16,25,35H,17H2,1-3H3. The first kappa shape index (κ1) is 24.8. The average Bonchev–Trinajstić information content (AvgIpc) is 3.37. The predicted octanol–water partition coefficient (Wildman–Crippen LogP) is 4.24. The summed E-state index contributed by atoms with van der Waals surface area (Å²) in [6, 6.07) is 24.3. The van der Waals surface area contributed by atoms with Crippen molar-refractivity contribution in [1.82, 2.24) is 14.5 Å². The maximum absolute atomic E-state index is 13.1. The fourth-order valence-electron chi connectivity index (χ4n) is 4.46. The van der Waals surface area contributed by atoms with Crippen molar-refractivity contribution in [3.63, 3.8) is 0 Å². The van der Waals surface area contributed by atoms with Crippen molar-refractivity contribution in [2.24, 2.45) is 7.05 Å². The minimum atomic E-state index is -0.626. The van der Waals surface area contributed by atoms with Gasteiger partial charge in [-0.2, -0.15) is 0 Å². The molecule has 3 aromatic carbocycles. The van der Waals surface area contributed by atoms with Crippen molar-refractivity contribution in [2.75, 3.05) is 19.1 Å². The maximum Gasteiger partial charge on any atom is 0.309 e. The first-order valence-corrected chi connectivity index (χ1v) is 12.0. The van der Waals surface area contributed by atoms with E-state index in [9.17, 15) is 14.7 Å². The van der Waals surface area contributed by atoms with Crippen molar-refractivity contribution >= 4 is 23.0 Å². The lowest BCUT2D eigenvalue weighted by Gasteiger charge is -2.31. The zero-order chi connectivity index (χ0) is 26.8. The fourth-order valence-corrected chi connectivity index (χ4v) is 4.46. The highest BCUT2D eigenvalue weighted by Crippen LogP contribution is 2.34. The Morgan fingerprint density at radius 2 is 1.66 bits per heavy atom. The van der Waals surface area contributed by atoms with Gasteiger partial charge in [-0.25, -0.2) is 9.97 Å². The molecule has 0 radical (unpaired) electrons. The summed E-state index contributed by atoms with van der Waals surface area (Å²) in [5.74, 6) is -0.499. The Morgan fingerprint density at radius 3 is 2.34 bits per heavy atom. The number of hydrogen-bond acceptors (Lipinski definition) is 8. The molecule has 0 bridgehead atoms. The number of anilines is 1. The number of methoxy groups -OCH3 is 1.